The Hall–Kier alpha value is -1.59. The predicted octanol–water partition coefficient (Wildman–Crippen LogP) is 1.16. The first-order valence-corrected chi connectivity index (χ1v) is 6.27. The molecule has 0 saturated heterocycles. The third-order valence-electron chi connectivity index (χ3n) is 2.47. The molecule has 2 aromatic rings. The summed E-state index contributed by atoms with van der Waals surface area (Å²) in [6, 6.07) is 5.99. The molecule has 0 unspecified atom stereocenters. The van der Waals surface area contributed by atoms with Gasteiger partial charge in [-0.15, -0.1) is 12.6 Å². The van der Waals surface area contributed by atoms with E-state index in [-0.39, 0.29) is 4.87 Å². The smallest absolute Gasteiger partial charge is 0.305 e. The molecule has 1 aromatic heterocycles. The lowest BCUT2D eigenvalue weighted by Gasteiger charge is -1.91. The average molecular weight is 260 g/mol. The zero-order chi connectivity index (χ0) is 11.8. The van der Waals surface area contributed by atoms with Gasteiger partial charge in [-0.05, 0) is 29.5 Å². The van der Waals surface area contributed by atoms with E-state index in [9.17, 15) is 4.79 Å². The number of hydrogen-bond donors (Lipinski definition) is 2. The van der Waals surface area contributed by atoms with Crippen molar-refractivity contribution in [2.45, 2.75) is 5.03 Å². The van der Waals surface area contributed by atoms with Crippen LogP contribution in [0.15, 0.2) is 39.2 Å². The molecule has 1 aliphatic rings. The maximum atomic E-state index is 11.2. The van der Waals surface area contributed by atoms with Crippen LogP contribution < -0.4 is 15.4 Å². The van der Waals surface area contributed by atoms with Gasteiger partial charge in [0.15, 0.2) is 0 Å². The van der Waals surface area contributed by atoms with Crippen molar-refractivity contribution in [1.29, 1.82) is 0 Å². The van der Waals surface area contributed by atoms with Gasteiger partial charge in [0, 0.05) is 11.8 Å². The molecule has 0 saturated carbocycles. The van der Waals surface area contributed by atoms with E-state index in [1.165, 1.54) is 0 Å². The fraction of sp³-hybridized carbons (Fsp3) is 0. The summed E-state index contributed by atoms with van der Waals surface area (Å²) in [6.07, 6.45) is 5.69. The number of rotatable bonds is 1. The highest BCUT2D eigenvalue weighted by Crippen LogP contribution is 2.13. The Kier molecular flexibility index (Phi) is 2.49. The minimum atomic E-state index is -0.0858. The Morgan fingerprint density at radius 3 is 3.06 bits per heavy atom. The Morgan fingerprint density at radius 2 is 2.29 bits per heavy atom. The van der Waals surface area contributed by atoms with Crippen molar-refractivity contribution < 1.29 is 0 Å². The van der Waals surface area contributed by atoms with Gasteiger partial charge in [0.2, 0.25) is 0 Å². The number of thiol groups is 1. The van der Waals surface area contributed by atoms with Crippen molar-refractivity contribution in [3.05, 3.63) is 55.1 Å². The molecule has 3 rings (SSSR count). The van der Waals surface area contributed by atoms with Crippen LogP contribution >= 0.6 is 24.0 Å². The quantitative estimate of drug-likeness (QED) is 0.743. The summed E-state index contributed by atoms with van der Waals surface area (Å²) < 4.78 is 0. The first-order chi connectivity index (χ1) is 8.22. The number of aromatic nitrogens is 1. The summed E-state index contributed by atoms with van der Waals surface area (Å²) in [6.45, 7) is 0. The molecule has 0 atom stereocenters. The zero-order valence-electron chi connectivity index (χ0n) is 8.68. The summed E-state index contributed by atoms with van der Waals surface area (Å²) in [4.78, 5) is 18.8. The standard InChI is InChI=1S/C12H8N2OS2/c15-12-14-11(16)10(17-12)6-7-1-2-9-8(5-7)3-4-13-9/h1-6,16H,(H,14,15). The van der Waals surface area contributed by atoms with Gasteiger partial charge in [-0.25, -0.2) is 0 Å². The number of nitrogens with zero attached hydrogens (tertiary/aromatic N) is 1. The van der Waals surface area contributed by atoms with Gasteiger partial charge >= 0.3 is 4.87 Å². The van der Waals surface area contributed by atoms with Gasteiger partial charge in [0.05, 0.1) is 15.3 Å². The molecule has 84 valence electrons. The number of hydrogen-bond acceptors (Lipinski definition) is 4. The maximum Gasteiger partial charge on any atom is 0.305 e. The first kappa shape index (κ1) is 10.6. The van der Waals surface area contributed by atoms with E-state index in [0.717, 1.165) is 32.4 Å². The van der Waals surface area contributed by atoms with E-state index in [0.29, 0.717) is 5.03 Å². The van der Waals surface area contributed by atoms with Crippen molar-refractivity contribution in [2.24, 2.45) is 4.99 Å². The molecule has 0 amide bonds. The molecule has 2 heterocycles. The molecule has 1 aromatic carbocycles. The van der Waals surface area contributed by atoms with Crippen molar-refractivity contribution in [3.63, 3.8) is 0 Å². The summed E-state index contributed by atoms with van der Waals surface area (Å²) in [5.41, 5.74) is 1.10. The Labute approximate surface area is 106 Å². The molecule has 17 heavy (non-hydrogen) atoms. The fourth-order valence-electron chi connectivity index (χ4n) is 1.69. The van der Waals surface area contributed by atoms with Crippen LogP contribution in [0, 0.1) is 0 Å². The second-order valence-corrected chi connectivity index (χ2v) is 5.10. The van der Waals surface area contributed by atoms with Crippen LogP contribution in [0.1, 0.15) is 10.4 Å². The fourth-order valence-corrected chi connectivity index (χ4v) is 2.77. The molecule has 5 heteroatoms. The van der Waals surface area contributed by atoms with E-state index in [2.05, 4.69) is 22.6 Å². The van der Waals surface area contributed by atoms with Gasteiger partial charge in [-0.1, -0.05) is 17.4 Å². The highest BCUT2D eigenvalue weighted by molar-refractivity contribution is 7.80. The van der Waals surface area contributed by atoms with E-state index in [1.54, 1.807) is 6.20 Å². The second-order valence-electron chi connectivity index (χ2n) is 3.63. The molecule has 1 aliphatic heterocycles. The largest absolute Gasteiger partial charge is 0.307 e. The van der Waals surface area contributed by atoms with Crippen LogP contribution in [-0.2, 0) is 0 Å². The molecule has 0 spiro atoms. The number of aromatic amines is 1. The molecule has 3 nitrogen and oxygen atoms in total. The molecule has 0 aliphatic carbocycles. The molecular weight excluding hydrogens is 252 g/mol. The number of nitrogens with one attached hydrogen (secondary N) is 1. The van der Waals surface area contributed by atoms with E-state index < -0.39 is 0 Å². The first-order valence-electron chi connectivity index (χ1n) is 5.01. The summed E-state index contributed by atoms with van der Waals surface area (Å²) in [7, 11) is 0. The van der Waals surface area contributed by atoms with Gasteiger partial charge in [0.1, 0.15) is 0 Å². The summed E-state index contributed by atoms with van der Waals surface area (Å²) in [5.74, 6) is 0. The Morgan fingerprint density at radius 1 is 1.41 bits per heavy atom. The monoisotopic (exact) mass is 260 g/mol. The van der Waals surface area contributed by atoms with Crippen molar-refractivity contribution in [2.75, 3.05) is 0 Å². The predicted molar refractivity (Wildman–Crippen MR) is 72.0 cm³/mol. The van der Waals surface area contributed by atoms with Gasteiger partial charge < -0.3 is 4.98 Å². The van der Waals surface area contributed by atoms with Crippen LogP contribution in [0.5, 0.6) is 0 Å². The van der Waals surface area contributed by atoms with Crippen molar-refractivity contribution >= 4 is 36.1 Å². The number of benzene rings is 1. The average Bonchev–Trinajstić information content (AvgIpc) is 2.85. The molecule has 1 N–H and O–H groups in total. The van der Waals surface area contributed by atoms with Crippen molar-refractivity contribution in [3.8, 4) is 0 Å². The SMILES string of the molecule is O=c1[nH]c(S)c(C=c2ccc3c(c2)C=CN=3)s1. The highest BCUT2D eigenvalue weighted by atomic mass is 32.1. The van der Waals surface area contributed by atoms with Gasteiger partial charge in [0.25, 0.3) is 0 Å². The zero-order valence-corrected chi connectivity index (χ0v) is 10.4. The van der Waals surface area contributed by atoms with Gasteiger partial charge in [-0.3, -0.25) is 9.79 Å². The number of thiazole rings is 1. The lowest BCUT2D eigenvalue weighted by Crippen LogP contribution is -2.10. The summed E-state index contributed by atoms with van der Waals surface area (Å²) in [5, 5.41) is 2.63. The minimum Gasteiger partial charge on any atom is -0.307 e. The minimum absolute atomic E-state index is 0.0858. The lowest BCUT2D eigenvalue weighted by molar-refractivity contribution is 1.16. The Balaban J connectivity index is 2.17. The third-order valence-corrected chi connectivity index (χ3v) is 3.81. The highest BCUT2D eigenvalue weighted by Gasteiger charge is 2.01. The lowest BCUT2D eigenvalue weighted by atomic mass is 10.2. The molecule has 0 fully saturated rings. The number of fused-ring (bicyclic) bond motifs is 1. The summed E-state index contributed by atoms with van der Waals surface area (Å²) >= 11 is 5.38. The van der Waals surface area contributed by atoms with Crippen LogP contribution in [0.2, 0.25) is 0 Å². The van der Waals surface area contributed by atoms with Crippen LogP contribution in [-0.4, -0.2) is 4.98 Å². The molecular formula is C12H8N2OS2. The second kappa shape index (κ2) is 4.01. The van der Waals surface area contributed by atoms with Crippen LogP contribution in [0.3, 0.4) is 0 Å². The Bertz CT molecular complexity index is 784. The van der Waals surface area contributed by atoms with Crippen LogP contribution in [0.4, 0.5) is 0 Å². The van der Waals surface area contributed by atoms with E-state index >= 15 is 0 Å². The third kappa shape index (κ3) is 1.99. The topological polar surface area (TPSA) is 45.2 Å². The van der Waals surface area contributed by atoms with Gasteiger partial charge in [-0.2, -0.15) is 0 Å². The van der Waals surface area contributed by atoms with E-state index in [1.807, 2.05) is 30.4 Å². The van der Waals surface area contributed by atoms with E-state index in [4.69, 9.17) is 0 Å². The van der Waals surface area contributed by atoms with Crippen molar-refractivity contribution in [1.82, 2.24) is 4.98 Å². The van der Waals surface area contributed by atoms with Crippen LogP contribution in [0.25, 0.3) is 12.2 Å². The molecule has 0 bridgehead atoms. The normalized spacial score (nSPS) is 13.8. The maximum absolute atomic E-state index is 11.2. The number of H-pyrrole nitrogens is 1. The molecule has 0 radical (unpaired) electrons.